The van der Waals surface area contributed by atoms with Gasteiger partial charge in [-0.2, -0.15) is 0 Å². The molecule has 0 spiro atoms. The number of thioether (sulfide) groups is 1. The summed E-state index contributed by atoms with van der Waals surface area (Å²) >= 11 is 2.98. The minimum absolute atomic E-state index is 0.0883. The minimum atomic E-state index is -0.0883. The molecule has 0 unspecified atom stereocenters. The van der Waals surface area contributed by atoms with E-state index in [0.29, 0.717) is 23.7 Å². The number of rotatable bonds is 9. The van der Waals surface area contributed by atoms with Crippen LogP contribution in [0.5, 0.6) is 0 Å². The number of hydrogen-bond donors (Lipinski definition) is 3. The molecule has 4 N–H and O–H groups in total. The van der Waals surface area contributed by atoms with E-state index in [-0.39, 0.29) is 5.91 Å². The van der Waals surface area contributed by atoms with Crippen LogP contribution < -0.4 is 16.4 Å². The summed E-state index contributed by atoms with van der Waals surface area (Å²) in [6, 6.07) is 0. The lowest BCUT2D eigenvalue weighted by atomic mass is 10.3. The molecule has 114 valence electrons. The van der Waals surface area contributed by atoms with Crippen molar-refractivity contribution in [2.24, 2.45) is 0 Å². The predicted octanol–water partition coefficient (Wildman–Crippen LogP) is 2.64. The zero-order chi connectivity index (χ0) is 15.0. The quantitative estimate of drug-likeness (QED) is 0.482. The van der Waals surface area contributed by atoms with Gasteiger partial charge in [0.05, 0.1) is 10.6 Å². The first-order chi connectivity index (χ1) is 9.65. The SMILES string of the molecule is CCCNC(=O)c1sc(NCCCOC)c(SC)c1N. The number of anilines is 2. The number of amides is 1. The second-order valence-electron chi connectivity index (χ2n) is 4.24. The molecule has 0 saturated carbocycles. The van der Waals surface area contributed by atoms with Crippen molar-refractivity contribution in [3.8, 4) is 0 Å². The number of carbonyl (C=O) groups is 1. The molecule has 1 amide bonds. The van der Waals surface area contributed by atoms with Gasteiger partial charge >= 0.3 is 0 Å². The van der Waals surface area contributed by atoms with Gasteiger partial charge in [-0.15, -0.1) is 23.1 Å². The number of nitrogens with one attached hydrogen (secondary N) is 2. The van der Waals surface area contributed by atoms with Crippen LogP contribution in [0.25, 0.3) is 0 Å². The van der Waals surface area contributed by atoms with Crippen LogP contribution in [0.1, 0.15) is 29.4 Å². The molecule has 0 aliphatic rings. The first-order valence-corrected chi connectivity index (χ1v) is 8.67. The van der Waals surface area contributed by atoms with E-state index < -0.39 is 0 Å². The summed E-state index contributed by atoms with van der Waals surface area (Å²) in [6.07, 6.45) is 3.79. The van der Waals surface area contributed by atoms with Crippen molar-refractivity contribution in [1.82, 2.24) is 5.32 Å². The highest BCUT2D eigenvalue weighted by molar-refractivity contribution is 7.99. The Kier molecular flexibility index (Phi) is 7.79. The summed E-state index contributed by atoms with van der Waals surface area (Å²) in [6.45, 7) is 4.21. The molecule has 1 heterocycles. The Labute approximate surface area is 128 Å². The van der Waals surface area contributed by atoms with Gasteiger partial charge in [0.2, 0.25) is 0 Å². The van der Waals surface area contributed by atoms with Crippen molar-refractivity contribution in [2.75, 3.05) is 44.1 Å². The molecule has 5 nitrogen and oxygen atoms in total. The second kappa shape index (κ2) is 9.10. The van der Waals surface area contributed by atoms with Crippen molar-refractivity contribution < 1.29 is 9.53 Å². The minimum Gasteiger partial charge on any atom is -0.396 e. The summed E-state index contributed by atoms with van der Waals surface area (Å²) in [5, 5.41) is 7.16. The van der Waals surface area contributed by atoms with Crippen LogP contribution in [0.3, 0.4) is 0 Å². The molecular formula is C13H23N3O2S2. The number of nitrogen functional groups attached to an aromatic ring is 1. The average Bonchev–Trinajstić information content (AvgIpc) is 2.77. The average molecular weight is 317 g/mol. The van der Waals surface area contributed by atoms with Crippen LogP contribution in [0.4, 0.5) is 10.7 Å². The number of nitrogens with two attached hydrogens (primary N) is 1. The zero-order valence-electron chi connectivity index (χ0n) is 12.2. The largest absolute Gasteiger partial charge is 0.396 e. The van der Waals surface area contributed by atoms with Gasteiger partial charge in [0.25, 0.3) is 5.91 Å². The molecule has 0 aliphatic heterocycles. The Morgan fingerprint density at radius 3 is 2.80 bits per heavy atom. The number of hydrogen-bond acceptors (Lipinski definition) is 6. The Bertz CT molecular complexity index is 435. The molecule has 0 aliphatic carbocycles. The lowest BCUT2D eigenvalue weighted by molar-refractivity contribution is 0.0958. The van der Waals surface area contributed by atoms with Crippen LogP contribution in [0, 0.1) is 0 Å². The maximum absolute atomic E-state index is 12.0. The van der Waals surface area contributed by atoms with Gasteiger partial charge in [0.15, 0.2) is 0 Å². The zero-order valence-corrected chi connectivity index (χ0v) is 13.9. The molecule has 0 atom stereocenters. The molecule has 1 rings (SSSR count). The third-order valence-corrected chi connectivity index (χ3v) is 4.78. The van der Waals surface area contributed by atoms with E-state index >= 15 is 0 Å². The molecule has 0 radical (unpaired) electrons. The topological polar surface area (TPSA) is 76.4 Å². The van der Waals surface area contributed by atoms with Gasteiger partial charge in [-0.25, -0.2) is 0 Å². The monoisotopic (exact) mass is 317 g/mol. The molecule has 20 heavy (non-hydrogen) atoms. The number of methoxy groups -OCH3 is 1. The first-order valence-electron chi connectivity index (χ1n) is 6.62. The Balaban J connectivity index is 2.77. The van der Waals surface area contributed by atoms with Crippen molar-refractivity contribution >= 4 is 39.7 Å². The maximum Gasteiger partial charge on any atom is 0.263 e. The summed E-state index contributed by atoms with van der Waals surface area (Å²) in [4.78, 5) is 13.6. The summed E-state index contributed by atoms with van der Waals surface area (Å²) in [5.74, 6) is -0.0883. The molecule has 1 aromatic rings. The van der Waals surface area contributed by atoms with Crippen LogP contribution in [-0.2, 0) is 4.74 Å². The molecular weight excluding hydrogens is 294 g/mol. The molecule has 0 saturated heterocycles. The van der Waals surface area contributed by atoms with E-state index in [2.05, 4.69) is 10.6 Å². The lowest BCUT2D eigenvalue weighted by Gasteiger charge is -2.05. The lowest BCUT2D eigenvalue weighted by Crippen LogP contribution is -2.23. The van der Waals surface area contributed by atoms with E-state index in [9.17, 15) is 4.79 Å². The van der Waals surface area contributed by atoms with Gasteiger partial charge in [0, 0.05) is 26.8 Å². The Hall–Kier alpha value is -0.920. The van der Waals surface area contributed by atoms with Gasteiger partial charge < -0.3 is 21.1 Å². The second-order valence-corrected chi connectivity index (χ2v) is 6.07. The third-order valence-electron chi connectivity index (χ3n) is 2.66. The van der Waals surface area contributed by atoms with E-state index in [1.807, 2.05) is 13.2 Å². The van der Waals surface area contributed by atoms with Crippen LogP contribution >= 0.6 is 23.1 Å². The van der Waals surface area contributed by atoms with Crippen molar-refractivity contribution in [3.05, 3.63) is 4.88 Å². The van der Waals surface area contributed by atoms with Crippen LogP contribution in [0.2, 0.25) is 0 Å². The van der Waals surface area contributed by atoms with Gasteiger partial charge in [-0.05, 0) is 19.1 Å². The highest BCUT2D eigenvalue weighted by Crippen LogP contribution is 2.41. The molecule has 7 heteroatoms. The third kappa shape index (κ3) is 4.57. The highest BCUT2D eigenvalue weighted by atomic mass is 32.2. The van der Waals surface area contributed by atoms with Crippen LogP contribution in [0.15, 0.2) is 4.90 Å². The van der Waals surface area contributed by atoms with Gasteiger partial charge in [0.1, 0.15) is 9.88 Å². The smallest absolute Gasteiger partial charge is 0.263 e. The van der Waals surface area contributed by atoms with Crippen LogP contribution in [-0.4, -0.2) is 39.0 Å². The fourth-order valence-corrected chi connectivity index (χ4v) is 3.63. The highest BCUT2D eigenvalue weighted by Gasteiger charge is 2.20. The molecule has 1 aromatic heterocycles. The number of thiophene rings is 1. The van der Waals surface area contributed by atoms with Crippen molar-refractivity contribution in [3.63, 3.8) is 0 Å². The predicted molar refractivity (Wildman–Crippen MR) is 88.1 cm³/mol. The van der Waals surface area contributed by atoms with Gasteiger partial charge in [-0.1, -0.05) is 6.92 Å². The fraction of sp³-hybridized carbons (Fsp3) is 0.615. The molecule has 0 bridgehead atoms. The Morgan fingerprint density at radius 2 is 2.20 bits per heavy atom. The van der Waals surface area contributed by atoms with Crippen molar-refractivity contribution in [2.45, 2.75) is 24.7 Å². The van der Waals surface area contributed by atoms with E-state index in [1.165, 1.54) is 11.3 Å². The summed E-state index contributed by atoms with van der Waals surface area (Å²) in [5.41, 5.74) is 6.66. The van der Waals surface area contributed by atoms with E-state index in [4.69, 9.17) is 10.5 Å². The summed E-state index contributed by atoms with van der Waals surface area (Å²) in [7, 11) is 1.69. The standard InChI is InChI=1S/C13H23N3O2S2/c1-4-6-15-12(17)10-9(14)11(19-3)13(20-10)16-7-5-8-18-2/h16H,4-8,14H2,1-3H3,(H,15,17). The first kappa shape index (κ1) is 17.1. The number of ether oxygens (including phenoxy) is 1. The number of carbonyl (C=O) groups excluding carboxylic acids is 1. The van der Waals surface area contributed by atoms with Crippen molar-refractivity contribution in [1.29, 1.82) is 0 Å². The van der Waals surface area contributed by atoms with E-state index in [0.717, 1.165) is 29.3 Å². The van der Waals surface area contributed by atoms with Gasteiger partial charge in [-0.3, -0.25) is 4.79 Å². The summed E-state index contributed by atoms with van der Waals surface area (Å²) < 4.78 is 5.02. The Morgan fingerprint density at radius 1 is 1.45 bits per heavy atom. The van der Waals surface area contributed by atoms with E-state index in [1.54, 1.807) is 18.9 Å². The molecule has 0 aromatic carbocycles. The maximum atomic E-state index is 12.0. The normalized spacial score (nSPS) is 10.6. The molecule has 0 fully saturated rings. The fourth-order valence-electron chi connectivity index (χ4n) is 1.65.